The van der Waals surface area contributed by atoms with Gasteiger partial charge in [0.05, 0.1) is 6.04 Å². The van der Waals surface area contributed by atoms with Crippen molar-refractivity contribution in [1.29, 1.82) is 0 Å². The lowest BCUT2D eigenvalue weighted by Crippen LogP contribution is -2.34. The first-order chi connectivity index (χ1) is 11.7. The molecule has 1 unspecified atom stereocenters. The van der Waals surface area contributed by atoms with Gasteiger partial charge < -0.3 is 15.1 Å². The summed E-state index contributed by atoms with van der Waals surface area (Å²) in [6.07, 6.45) is 5.71. The molecular weight excluding hydrogens is 336 g/mol. The molecule has 1 aromatic heterocycles. The first kappa shape index (κ1) is 21.5. The molecule has 0 aliphatic carbocycles. The number of carbonyl (C=O) groups is 1. The van der Waals surface area contributed by atoms with Gasteiger partial charge in [0.15, 0.2) is 0 Å². The average Bonchev–Trinajstić information content (AvgIpc) is 3.03. The molecule has 140 valence electrons. The standard InChI is InChI=1S/C20H30N2O2.ClH/c1-3-14-22(20(23)12-6-4-5-9-13-21)16(2)19-15-17-10-7-8-11-18(17)24-19;/h7-8,10-11,15-16H,3-6,9,12-14,21H2,1-2H3;1H. The van der Waals surface area contributed by atoms with E-state index >= 15 is 0 Å². The minimum atomic E-state index is -0.0334. The number of fused-ring (bicyclic) bond motifs is 1. The highest BCUT2D eigenvalue weighted by atomic mass is 35.5. The van der Waals surface area contributed by atoms with Gasteiger partial charge in [-0.25, -0.2) is 0 Å². The van der Waals surface area contributed by atoms with E-state index in [4.69, 9.17) is 10.2 Å². The molecule has 1 atom stereocenters. The predicted octanol–water partition coefficient (Wildman–Crippen LogP) is 5.06. The number of halogens is 1. The van der Waals surface area contributed by atoms with Crippen molar-refractivity contribution in [3.63, 3.8) is 0 Å². The highest BCUT2D eigenvalue weighted by Crippen LogP contribution is 2.28. The van der Waals surface area contributed by atoms with E-state index in [0.29, 0.717) is 6.42 Å². The van der Waals surface area contributed by atoms with Gasteiger partial charge in [0.25, 0.3) is 0 Å². The number of unbranched alkanes of at least 4 members (excludes halogenated alkanes) is 3. The molecule has 0 saturated carbocycles. The third kappa shape index (κ3) is 6.05. The molecule has 25 heavy (non-hydrogen) atoms. The number of benzene rings is 1. The van der Waals surface area contributed by atoms with Crippen molar-refractivity contribution in [3.05, 3.63) is 36.1 Å². The number of para-hydroxylation sites is 1. The number of furan rings is 1. The second kappa shape index (κ2) is 11.2. The van der Waals surface area contributed by atoms with Gasteiger partial charge in [-0.1, -0.05) is 38.0 Å². The van der Waals surface area contributed by atoms with Gasteiger partial charge in [0.2, 0.25) is 5.91 Å². The van der Waals surface area contributed by atoms with E-state index in [1.54, 1.807) is 0 Å². The van der Waals surface area contributed by atoms with Crippen LogP contribution >= 0.6 is 12.4 Å². The normalized spacial score (nSPS) is 12.0. The smallest absolute Gasteiger partial charge is 0.223 e. The molecule has 2 aromatic rings. The maximum Gasteiger partial charge on any atom is 0.223 e. The van der Waals surface area contributed by atoms with Gasteiger partial charge in [0.1, 0.15) is 11.3 Å². The summed E-state index contributed by atoms with van der Waals surface area (Å²) in [5, 5.41) is 1.09. The third-order valence-corrected chi connectivity index (χ3v) is 4.45. The van der Waals surface area contributed by atoms with Gasteiger partial charge in [-0.3, -0.25) is 4.79 Å². The average molecular weight is 367 g/mol. The van der Waals surface area contributed by atoms with Crippen LogP contribution in [0.5, 0.6) is 0 Å². The van der Waals surface area contributed by atoms with E-state index in [-0.39, 0.29) is 24.4 Å². The second-order valence-electron chi connectivity index (χ2n) is 6.40. The zero-order chi connectivity index (χ0) is 17.4. The first-order valence-electron chi connectivity index (χ1n) is 9.15. The van der Waals surface area contributed by atoms with Crippen molar-refractivity contribution in [2.45, 2.75) is 58.4 Å². The second-order valence-corrected chi connectivity index (χ2v) is 6.40. The molecule has 0 aliphatic heterocycles. The summed E-state index contributed by atoms with van der Waals surface area (Å²) in [6.45, 7) is 5.66. The van der Waals surface area contributed by atoms with Gasteiger partial charge in [-0.05, 0) is 44.9 Å². The van der Waals surface area contributed by atoms with Crippen LogP contribution in [0.3, 0.4) is 0 Å². The molecule has 4 nitrogen and oxygen atoms in total. The van der Waals surface area contributed by atoms with Crippen LogP contribution in [0.15, 0.2) is 34.7 Å². The van der Waals surface area contributed by atoms with Gasteiger partial charge in [0, 0.05) is 18.4 Å². The van der Waals surface area contributed by atoms with Crippen LogP contribution < -0.4 is 5.73 Å². The monoisotopic (exact) mass is 366 g/mol. The Labute approximate surface area is 157 Å². The summed E-state index contributed by atoms with van der Waals surface area (Å²) in [4.78, 5) is 14.6. The van der Waals surface area contributed by atoms with Gasteiger partial charge in [-0.2, -0.15) is 0 Å². The summed E-state index contributed by atoms with van der Waals surface area (Å²) < 4.78 is 5.96. The maximum absolute atomic E-state index is 12.7. The Morgan fingerprint density at radius 3 is 2.60 bits per heavy atom. The molecule has 2 N–H and O–H groups in total. The number of nitrogens with two attached hydrogens (primary N) is 1. The fourth-order valence-corrected chi connectivity index (χ4v) is 3.05. The quantitative estimate of drug-likeness (QED) is 0.597. The Balaban J connectivity index is 0.00000312. The molecule has 1 aromatic carbocycles. The summed E-state index contributed by atoms with van der Waals surface area (Å²) in [5.74, 6) is 1.08. The highest BCUT2D eigenvalue weighted by Gasteiger charge is 2.23. The summed E-state index contributed by atoms with van der Waals surface area (Å²) >= 11 is 0. The van der Waals surface area contributed by atoms with E-state index in [0.717, 1.165) is 61.9 Å². The minimum absolute atomic E-state index is 0. The molecule has 0 saturated heterocycles. The predicted molar refractivity (Wildman–Crippen MR) is 106 cm³/mol. The van der Waals surface area contributed by atoms with Crippen molar-refractivity contribution >= 4 is 29.3 Å². The lowest BCUT2D eigenvalue weighted by atomic mass is 10.1. The first-order valence-corrected chi connectivity index (χ1v) is 9.15. The topological polar surface area (TPSA) is 59.5 Å². The van der Waals surface area contributed by atoms with Crippen molar-refractivity contribution < 1.29 is 9.21 Å². The Kier molecular flexibility index (Phi) is 9.61. The molecule has 2 rings (SSSR count). The summed E-state index contributed by atoms with van der Waals surface area (Å²) in [7, 11) is 0. The van der Waals surface area contributed by atoms with Crippen LogP contribution in [-0.4, -0.2) is 23.9 Å². The Morgan fingerprint density at radius 1 is 1.20 bits per heavy atom. The molecule has 0 fully saturated rings. The van der Waals surface area contributed by atoms with Crippen molar-refractivity contribution in [3.8, 4) is 0 Å². The third-order valence-electron chi connectivity index (χ3n) is 4.45. The number of rotatable bonds is 10. The van der Waals surface area contributed by atoms with E-state index in [1.807, 2.05) is 29.2 Å². The summed E-state index contributed by atoms with van der Waals surface area (Å²) in [5.41, 5.74) is 6.39. The Hall–Kier alpha value is -1.52. The van der Waals surface area contributed by atoms with Gasteiger partial charge in [-0.15, -0.1) is 12.4 Å². The molecule has 0 aliphatic rings. The SMILES string of the molecule is CCCN(C(=O)CCCCCCN)C(C)c1cc2ccccc2o1.Cl. The fraction of sp³-hybridized carbons (Fsp3) is 0.550. The van der Waals surface area contributed by atoms with Crippen molar-refractivity contribution in [1.82, 2.24) is 4.90 Å². The number of hydrogen-bond donors (Lipinski definition) is 1. The number of amides is 1. The zero-order valence-electron chi connectivity index (χ0n) is 15.4. The molecule has 0 spiro atoms. The lowest BCUT2D eigenvalue weighted by Gasteiger charge is -2.27. The van der Waals surface area contributed by atoms with Crippen molar-refractivity contribution in [2.75, 3.05) is 13.1 Å². The van der Waals surface area contributed by atoms with Crippen LogP contribution in [0.2, 0.25) is 0 Å². The van der Waals surface area contributed by atoms with E-state index in [2.05, 4.69) is 19.9 Å². The Bertz CT molecular complexity index is 608. The van der Waals surface area contributed by atoms with Crippen LogP contribution in [0.1, 0.15) is 64.2 Å². The fourth-order valence-electron chi connectivity index (χ4n) is 3.05. The molecule has 5 heteroatoms. The molecule has 0 bridgehead atoms. The number of hydrogen-bond acceptors (Lipinski definition) is 3. The van der Waals surface area contributed by atoms with Gasteiger partial charge >= 0.3 is 0 Å². The molecule has 0 radical (unpaired) electrons. The van der Waals surface area contributed by atoms with E-state index < -0.39 is 0 Å². The lowest BCUT2D eigenvalue weighted by molar-refractivity contribution is -0.133. The van der Waals surface area contributed by atoms with Crippen molar-refractivity contribution in [2.24, 2.45) is 5.73 Å². The van der Waals surface area contributed by atoms with Crippen LogP contribution in [0.25, 0.3) is 11.0 Å². The Morgan fingerprint density at radius 2 is 1.92 bits per heavy atom. The molecule has 1 heterocycles. The molecular formula is C20H31ClN2O2. The minimum Gasteiger partial charge on any atom is -0.459 e. The van der Waals surface area contributed by atoms with Crippen LogP contribution in [-0.2, 0) is 4.79 Å². The highest BCUT2D eigenvalue weighted by molar-refractivity contribution is 5.85. The zero-order valence-corrected chi connectivity index (χ0v) is 16.2. The van der Waals surface area contributed by atoms with E-state index in [1.165, 1.54) is 0 Å². The number of carbonyl (C=O) groups excluding carboxylic acids is 1. The summed E-state index contributed by atoms with van der Waals surface area (Å²) in [6, 6.07) is 10.00. The van der Waals surface area contributed by atoms with Crippen LogP contribution in [0, 0.1) is 0 Å². The maximum atomic E-state index is 12.7. The van der Waals surface area contributed by atoms with Crippen LogP contribution in [0.4, 0.5) is 0 Å². The largest absolute Gasteiger partial charge is 0.459 e. The number of nitrogens with zero attached hydrogens (tertiary/aromatic N) is 1. The van der Waals surface area contributed by atoms with E-state index in [9.17, 15) is 4.79 Å². The molecule has 1 amide bonds.